The van der Waals surface area contributed by atoms with E-state index in [1.807, 2.05) is 60.7 Å². The number of hydrogen-bond donors (Lipinski definition) is 0. The Hall–Kier alpha value is -5.23. The van der Waals surface area contributed by atoms with Crippen molar-refractivity contribution in [3.63, 3.8) is 0 Å². The summed E-state index contributed by atoms with van der Waals surface area (Å²) in [6.07, 6.45) is 0. The molecule has 6 aromatic carbocycles. The molecule has 0 spiro atoms. The first-order valence-corrected chi connectivity index (χ1v) is 15.7. The second-order valence-electron chi connectivity index (χ2n) is 10.5. The van der Waals surface area contributed by atoms with E-state index in [1.54, 1.807) is 11.3 Å². The largest absolute Gasteiger partial charge is 0.208 e. The number of rotatable bonds is 4. The molecule has 9 aromatic rings. The number of thiophene rings is 2. The van der Waals surface area contributed by atoms with Crippen LogP contribution in [0.5, 0.6) is 0 Å². The molecule has 0 aliphatic heterocycles. The molecule has 0 N–H and O–H groups in total. The Morgan fingerprint density at radius 2 is 1.09 bits per heavy atom. The summed E-state index contributed by atoms with van der Waals surface area (Å²) in [5, 5.41) is 4.34. The summed E-state index contributed by atoms with van der Waals surface area (Å²) in [6.45, 7) is 0. The first-order valence-electron chi connectivity index (χ1n) is 16.6. The van der Waals surface area contributed by atoms with Gasteiger partial charge in [0.05, 0.1) is 6.85 Å². The van der Waals surface area contributed by atoms with Gasteiger partial charge in [0.15, 0.2) is 17.5 Å². The minimum Gasteiger partial charge on any atom is -0.208 e. The van der Waals surface area contributed by atoms with E-state index < -0.39 is 6.04 Å². The zero-order valence-corrected chi connectivity index (χ0v) is 24.7. The average Bonchev–Trinajstić information content (AvgIpc) is 3.71. The highest BCUT2D eigenvalue weighted by Gasteiger charge is 2.16. The van der Waals surface area contributed by atoms with E-state index in [2.05, 4.69) is 48.5 Å². The Morgan fingerprint density at radius 3 is 1.93 bits per heavy atom. The summed E-state index contributed by atoms with van der Waals surface area (Å²) < 4.78 is 46.0. The summed E-state index contributed by atoms with van der Waals surface area (Å²) >= 11 is 3.30. The van der Waals surface area contributed by atoms with Crippen molar-refractivity contribution in [2.45, 2.75) is 0 Å². The predicted molar refractivity (Wildman–Crippen MR) is 187 cm³/mol. The van der Waals surface area contributed by atoms with Crippen LogP contribution in [0.1, 0.15) is 6.85 Å². The minimum absolute atomic E-state index is 0.202. The molecular formula is C39H23N3S2. The Bertz CT molecular complexity index is 2760. The van der Waals surface area contributed by atoms with E-state index in [4.69, 9.17) is 21.8 Å². The molecule has 0 saturated heterocycles. The van der Waals surface area contributed by atoms with Crippen LogP contribution >= 0.6 is 22.7 Å². The summed E-state index contributed by atoms with van der Waals surface area (Å²) in [5.74, 6) is 1.71. The number of benzene rings is 6. The molecule has 9 rings (SSSR count). The van der Waals surface area contributed by atoms with Gasteiger partial charge in [0.25, 0.3) is 0 Å². The molecule has 0 amide bonds. The van der Waals surface area contributed by atoms with Crippen molar-refractivity contribution in [2.24, 2.45) is 0 Å². The van der Waals surface area contributed by atoms with Crippen LogP contribution in [0.2, 0.25) is 0 Å². The monoisotopic (exact) mass is 602 g/mol. The molecule has 0 saturated carbocycles. The van der Waals surface area contributed by atoms with E-state index >= 15 is 0 Å². The lowest BCUT2D eigenvalue weighted by molar-refractivity contribution is 1.08. The van der Waals surface area contributed by atoms with E-state index in [-0.39, 0.29) is 29.7 Å². The van der Waals surface area contributed by atoms with Gasteiger partial charge in [-0.05, 0) is 41.5 Å². The highest BCUT2D eigenvalue weighted by Crippen LogP contribution is 2.41. The van der Waals surface area contributed by atoms with Crippen molar-refractivity contribution in [2.75, 3.05) is 0 Å². The molecule has 206 valence electrons. The second kappa shape index (κ2) is 10.2. The van der Waals surface area contributed by atoms with Gasteiger partial charge in [-0.1, -0.05) is 109 Å². The first kappa shape index (κ1) is 20.6. The quantitative estimate of drug-likeness (QED) is 0.201. The normalized spacial score (nSPS) is 13.2. The van der Waals surface area contributed by atoms with Crippen molar-refractivity contribution in [3.05, 3.63) is 139 Å². The molecular weight excluding hydrogens is 575 g/mol. The fourth-order valence-corrected chi connectivity index (χ4v) is 8.08. The van der Waals surface area contributed by atoms with Gasteiger partial charge in [0.1, 0.15) is 0 Å². The molecule has 0 radical (unpaired) electrons. The lowest BCUT2D eigenvalue weighted by atomic mass is 10.0. The zero-order valence-electron chi connectivity index (χ0n) is 28.1. The zero-order chi connectivity index (χ0) is 33.4. The summed E-state index contributed by atoms with van der Waals surface area (Å²) in [7, 11) is 0. The van der Waals surface area contributed by atoms with Gasteiger partial charge in [-0.3, -0.25) is 0 Å². The summed E-state index contributed by atoms with van der Waals surface area (Å²) in [6, 6.07) is 35.0. The van der Waals surface area contributed by atoms with E-state index in [9.17, 15) is 0 Å². The number of nitrogens with zero attached hydrogens (tertiary/aromatic N) is 3. The molecule has 0 unspecified atom stereocenters. The third-order valence-electron chi connectivity index (χ3n) is 7.83. The van der Waals surface area contributed by atoms with Gasteiger partial charge in [0, 0.05) is 57.0 Å². The number of hydrogen-bond acceptors (Lipinski definition) is 5. The lowest BCUT2D eigenvalue weighted by Gasteiger charge is -2.09. The molecule has 44 heavy (non-hydrogen) atoms. The minimum atomic E-state index is -0.401. The fraction of sp³-hybridized carbons (Fsp3) is 0. The smallest absolute Gasteiger partial charge is 0.164 e. The van der Waals surface area contributed by atoms with Crippen LogP contribution in [0.25, 0.3) is 85.6 Å². The van der Waals surface area contributed by atoms with Gasteiger partial charge in [0.2, 0.25) is 0 Å². The van der Waals surface area contributed by atoms with Crippen LogP contribution < -0.4 is 0 Å². The van der Waals surface area contributed by atoms with Crippen LogP contribution in [-0.4, -0.2) is 15.0 Å². The van der Waals surface area contributed by atoms with E-state index in [0.717, 1.165) is 36.9 Å². The molecule has 0 aliphatic rings. The van der Waals surface area contributed by atoms with Crippen LogP contribution in [0.15, 0.2) is 139 Å². The third kappa shape index (κ3) is 4.21. The molecule has 0 atom stereocenters. The van der Waals surface area contributed by atoms with Crippen molar-refractivity contribution >= 4 is 63.0 Å². The van der Waals surface area contributed by atoms with Crippen LogP contribution in [0.3, 0.4) is 0 Å². The Labute approximate surface area is 268 Å². The van der Waals surface area contributed by atoms with Crippen molar-refractivity contribution in [3.8, 4) is 45.3 Å². The Kier molecular flexibility index (Phi) is 4.78. The highest BCUT2D eigenvalue weighted by molar-refractivity contribution is 7.26. The van der Waals surface area contributed by atoms with Crippen LogP contribution in [-0.2, 0) is 0 Å². The standard InChI is InChI=1S/C39H23N3S2/c1-3-10-24(11-4-1)28-15-9-16-31-30-20-18-27(23-35(30)44-36(28)31)39-41-37(25-12-5-2-6-13-25)40-38(42-39)26-19-21-34-32(22-26)29-14-7-8-17-33(29)43-34/h1-23H/i1D,3D,4D,10D,11D. The molecule has 3 aromatic heterocycles. The molecule has 0 fully saturated rings. The summed E-state index contributed by atoms with van der Waals surface area (Å²) in [4.78, 5) is 14.9. The molecule has 3 nitrogen and oxygen atoms in total. The average molecular weight is 603 g/mol. The van der Waals surface area contributed by atoms with Crippen LogP contribution in [0.4, 0.5) is 0 Å². The van der Waals surface area contributed by atoms with Gasteiger partial charge in [-0.15, -0.1) is 22.7 Å². The summed E-state index contributed by atoms with van der Waals surface area (Å²) in [5.41, 5.74) is 3.44. The predicted octanol–water partition coefficient (Wildman–Crippen LogP) is 11.3. The van der Waals surface area contributed by atoms with Crippen molar-refractivity contribution in [1.82, 2.24) is 15.0 Å². The molecule has 5 heteroatoms. The van der Waals surface area contributed by atoms with Gasteiger partial charge in [-0.2, -0.15) is 0 Å². The maximum absolute atomic E-state index is 8.60. The lowest BCUT2D eigenvalue weighted by Crippen LogP contribution is -2.00. The Balaban J connectivity index is 1.22. The fourth-order valence-electron chi connectivity index (χ4n) is 5.73. The number of fused-ring (bicyclic) bond motifs is 6. The molecule has 0 bridgehead atoms. The maximum atomic E-state index is 8.60. The van der Waals surface area contributed by atoms with Gasteiger partial charge >= 0.3 is 0 Å². The Morgan fingerprint density at radius 1 is 0.432 bits per heavy atom. The topological polar surface area (TPSA) is 38.7 Å². The second-order valence-corrected chi connectivity index (χ2v) is 12.6. The third-order valence-corrected chi connectivity index (χ3v) is 10.2. The van der Waals surface area contributed by atoms with Crippen LogP contribution in [0, 0.1) is 0 Å². The highest BCUT2D eigenvalue weighted by atomic mass is 32.1. The van der Waals surface area contributed by atoms with Gasteiger partial charge in [-0.25, -0.2) is 15.0 Å². The molecule has 0 aliphatic carbocycles. The first-order chi connectivity index (χ1) is 23.9. The maximum Gasteiger partial charge on any atom is 0.164 e. The molecule has 3 heterocycles. The van der Waals surface area contributed by atoms with Crippen molar-refractivity contribution in [1.29, 1.82) is 0 Å². The number of aromatic nitrogens is 3. The SMILES string of the molecule is [2H]c1c([2H])c([2H])c(-c2cccc3c2sc2cc(-c4nc(-c5ccccc5)nc(-c5ccc6sc7ccccc7c6c5)n4)ccc23)c([2H])c1[2H]. The van der Waals surface area contributed by atoms with Gasteiger partial charge < -0.3 is 0 Å². The van der Waals surface area contributed by atoms with E-state index in [1.165, 1.54) is 31.5 Å². The van der Waals surface area contributed by atoms with Crippen molar-refractivity contribution < 1.29 is 6.85 Å². The van der Waals surface area contributed by atoms with E-state index in [0.29, 0.717) is 23.0 Å².